The topological polar surface area (TPSA) is 79.2 Å². The third-order valence-electron chi connectivity index (χ3n) is 3.27. The lowest BCUT2D eigenvalue weighted by Gasteiger charge is -2.14. The van der Waals surface area contributed by atoms with Crippen molar-refractivity contribution in [2.24, 2.45) is 0 Å². The molecule has 0 aromatic heterocycles. The molecule has 0 bridgehead atoms. The van der Waals surface area contributed by atoms with Gasteiger partial charge in [0, 0.05) is 6.42 Å². The van der Waals surface area contributed by atoms with E-state index in [0.717, 1.165) is 11.3 Å². The molecular formula is C16H18O5. The molecule has 0 saturated heterocycles. The van der Waals surface area contributed by atoms with Crippen molar-refractivity contribution in [1.82, 2.24) is 0 Å². The summed E-state index contributed by atoms with van der Waals surface area (Å²) in [5.41, 5.74) is 1.40. The van der Waals surface area contributed by atoms with Crippen LogP contribution in [0.5, 0.6) is 23.0 Å². The van der Waals surface area contributed by atoms with Crippen LogP contribution in [-0.4, -0.2) is 29.5 Å². The van der Waals surface area contributed by atoms with Crippen LogP contribution in [0.3, 0.4) is 0 Å². The minimum Gasteiger partial charge on any atom is -0.504 e. The summed E-state index contributed by atoms with van der Waals surface area (Å²) in [5.74, 6) is 0.215. The summed E-state index contributed by atoms with van der Waals surface area (Å²) in [4.78, 5) is 0. The number of benzene rings is 2. The van der Waals surface area contributed by atoms with Gasteiger partial charge in [-0.1, -0.05) is 12.1 Å². The molecule has 2 aromatic carbocycles. The fourth-order valence-electron chi connectivity index (χ4n) is 2.06. The van der Waals surface area contributed by atoms with Crippen molar-refractivity contribution in [3.63, 3.8) is 0 Å². The van der Waals surface area contributed by atoms with Crippen molar-refractivity contribution < 1.29 is 24.8 Å². The first-order valence-electron chi connectivity index (χ1n) is 6.46. The number of hydrogen-bond acceptors (Lipinski definition) is 5. The number of hydrogen-bond donors (Lipinski definition) is 3. The van der Waals surface area contributed by atoms with Gasteiger partial charge in [0.05, 0.1) is 20.3 Å². The molecule has 0 spiro atoms. The monoisotopic (exact) mass is 290 g/mol. The average Bonchev–Trinajstić information content (AvgIpc) is 2.50. The maximum Gasteiger partial charge on any atom is 0.200 e. The summed E-state index contributed by atoms with van der Waals surface area (Å²) in [7, 11) is 2.98. The molecule has 3 N–H and O–H groups in total. The lowest BCUT2D eigenvalue weighted by molar-refractivity contribution is 0.177. The van der Waals surface area contributed by atoms with Crippen LogP contribution in [0.2, 0.25) is 0 Å². The molecule has 0 heterocycles. The molecule has 5 heteroatoms. The Bertz CT molecular complexity index is 607. The van der Waals surface area contributed by atoms with Crippen LogP contribution in [0.1, 0.15) is 17.2 Å². The van der Waals surface area contributed by atoms with Crippen LogP contribution in [0.4, 0.5) is 0 Å². The van der Waals surface area contributed by atoms with Crippen molar-refractivity contribution in [3.05, 3.63) is 47.5 Å². The van der Waals surface area contributed by atoms with Crippen molar-refractivity contribution in [2.75, 3.05) is 14.2 Å². The Kier molecular flexibility index (Phi) is 4.55. The van der Waals surface area contributed by atoms with Gasteiger partial charge in [0.25, 0.3) is 0 Å². The minimum absolute atomic E-state index is 0.124. The van der Waals surface area contributed by atoms with E-state index >= 15 is 0 Å². The molecular weight excluding hydrogens is 272 g/mol. The van der Waals surface area contributed by atoms with E-state index in [-0.39, 0.29) is 17.2 Å². The second kappa shape index (κ2) is 6.37. The van der Waals surface area contributed by atoms with Gasteiger partial charge >= 0.3 is 0 Å². The zero-order valence-corrected chi connectivity index (χ0v) is 11.9. The highest BCUT2D eigenvalue weighted by molar-refractivity contribution is 5.52. The fourth-order valence-corrected chi connectivity index (χ4v) is 2.06. The molecule has 0 aliphatic rings. The van der Waals surface area contributed by atoms with Gasteiger partial charge in [-0.05, 0) is 35.4 Å². The van der Waals surface area contributed by atoms with E-state index in [1.165, 1.54) is 19.2 Å². The smallest absolute Gasteiger partial charge is 0.200 e. The van der Waals surface area contributed by atoms with E-state index in [4.69, 9.17) is 9.47 Å². The van der Waals surface area contributed by atoms with E-state index in [9.17, 15) is 15.3 Å². The number of phenolic OH excluding ortho intramolecular Hbond substituents is 2. The predicted molar refractivity (Wildman–Crippen MR) is 78.0 cm³/mol. The Hall–Kier alpha value is -2.40. The number of ether oxygens (including phenoxy) is 2. The molecule has 0 saturated carbocycles. The molecule has 112 valence electrons. The Morgan fingerprint density at radius 1 is 1.00 bits per heavy atom. The van der Waals surface area contributed by atoms with Crippen LogP contribution in [-0.2, 0) is 6.42 Å². The maximum atomic E-state index is 10.3. The van der Waals surface area contributed by atoms with Gasteiger partial charge in [-0.25, -0.2) is 0 Å². The highest BCUT2D eigenvalue weighted by Gasteiger charge is 2.15. The molecule has 0 unspecified atom stereocenters. The molecule has 0 amide bonds. The average molecular weight is 290 g/mol. The predicted octanol–water partition coefficient (Wildman–Crippen LogP) is 2.39. The van der Waals surface area contributed by atoms with Crippen molar-refractivity contribution in [2.45, 2.75) is 12.5 Å². The van der Waals surface area contributed by atoms with Crippen LogP contribution in [0.15, 0.2) is 36.4 Å². The van der Waals surface area contributed by atoms with E-state index in [0.29, 0.717) is 12.0 Å². The first-order chi connectivity index (χ1) is 10.0. The Balaban J connectivity index is 2.19. The lowest BCUT2D eigenvalue weighted by Crippen LogP contribution is -2.02. The maximum absolute atomic E-state index is 10.3. The lowest BCUT2D eigenvalue weighted by atomic mass is 10.0. The zero-order chi connectivity index (χ0) is 15.4. The second-order valence-corrected chi connectivity index (χ2v) is 4.66. The highest BCUT2D eigenvalue weighted by Crippen LogP contribution is 2.38. The van der Waals surface area contributed by atoms with Crippen LogP contribution in [0, 0.1) is 0 Å². The third-order valence-corrected chi connectivity index (χ3v) is 3.27. The van der Waals surface area contributed by atoms with E-state index in [1.54, 1.807) is 7.11 Å². The largest absolute Gasteiger partial charge is 0.504 e. The van der Waals surface area contributed by atoms with Gasteiger partial charge in [0.2, 0.25) is 5.75 Å². The van der Waals surface area contributed by atoms with Crippen LogP contribution < -0.4 is 9.47 Å². The summed E-state index contributed by atoms with van der Waals surface area (Å²) in [6.45, 7) is 0. The molecule has 2 rings (SSSR count). The molecule has 5 nitrogen and oxygen atoms in total. The van der Waals surface area contributed by atoms with Crippen LogP contribution >= 0.6 is 0 Å². The Morgan fingerprint density at radius 3 is 2.24 bits per heavy atom. The summed E-state index contributed by atoms with van der Waals surface area (Å²) in [6.07, 6.45) is -0.448. The number of aromatic hydroxyl groups is 2. The summed E-state index contributed by atoms with van der Waals surface area (Å²) < 4.78 is 10.0. The van der Waals surface area contributed by atoms with Crippen molar-refractivity contribution in [1.29, 1.82) is 0 Å². The quantitative estimate of drug-likeness (QED) is 0.737. The minimum atomic E-state index is -0.821. The molecule has 0 fully saturated rings. The number of aliphatic hydroxyl groups is 1. The molecule has 0 aliphatic heterocycles. The summed E-state index contributed by atoms with van der Waals surface area (Å²) in [6, 6.07) is 10.2. The molecule has 0 aliphatic carbocycles. The third kappa shape index (κ3) is 3.38. The SMILES string of the molecule is COc1ccc(C[C@H](O)c2cc(O)c(O)c(OC)c2)cc1. The number of phenols is 2. The van der Waals surface area contributed by atoms with Gasteiger partial charge < -0.3 is 24.8 Å². The van der Waals surface area contributed by atoms with E-state index in [2.05, 4.69) is 0 Å². The number of aliphatic hydroxyl groups excluding tert-OH is 1. The van der Waals surface area contributed by atoms with Crippen molar-refractivity contribution >= 4 is 0 Å². The molecule has 1 atom stereocenters. The second-order valence-electron chi connectivity index (χ2n) is 4.66. The molecule has 21 heavy (non-hydrogen) atoms. The summed E-state index contributed by atoms with van der Waals surface area (Å²) in [5, 5.41) is 29.5. The normalized spacial score (nSPS) is 12.0. The van der Waals surface area contributed by atoms with Gasteiger partial charge in [-0.2, -0.15) is 0 Å². The molecule has 2 aromatic rings. The Labute approximate surface area is 123 Å². The van der Waals surface area contributed by atoms with Gasteiger partial charge in [-0.3, -0.25) is 0 Å². The van der Waals surface area contributed by atoms with Gasteiger partial charge in [-0.15, -0.1) is 0 Å². The zero-order valence-electron chi connectivity index (χ0n) is 11.9. The van der Waals surface area contributed by atoms with Gasteiger partial charge in [0.1, 0.15) is 5.75 Å². The van der Waals surface area contributed by atoms with Crippen LogP contribution in [0.25, 0.3) is 0 Å². The van der Waals surface area contributed by atoms with Crippen molar-refractivity contribution in [3.8, 4) is 23.0 Å². The standard InChI is InChI=1S/C16H18O5/c1-20-12-5-3-10(4-6-12)7-13(17)11-8-14(18)16(19)15(9-11)21-2/h3-6,8-9,13,17-19H,7H2,1-2H3/t13-/m0/s1. The fraction of sp³-hybridized carbons (Fsp3) is 0.250. The molecule has 0 radical (unpaired) electrons. The first kappa shape index (κ1) is 15.0. The van der Waals surface area contributed by atoms with E-state index < -0.39 is 6.10 Å². The number of rotatable bonds is 5. The Morgan fingerprint density at radius 2 is 1.67 bits per heavy atom. The number of methoxy groups -OCH3 is 2. The summed E-state index contributed by atoms with van der Waals surface area (Å²) >= 11 is 0. The highest BCUT2D eigenvalue weighted by atomic mass is 16.5. The first-order valence-corrected chi connectivity index (χ1v) is 6.46. The van der Waals surface area contributed by atoms with Gasteiger partial charge in [0.15, 0.2) is 11.5 Å². The van der Waals surface area contributed by atoms with E-state index in [1.807, 2.05) is 24.3 Å².